The van der Waals surface area contributed by atoms with Crippen molar-refractivity contribution >= 4 is 5.97 Å². The summed E-state index contributed by atoms with van der Waals surface area (Å²) in [7, 11) is 0. The minimum absolute atomic E-state index is 0.131. The number of carboxylic acid groups (broad SMARTS) is 1. The highest BCUT2D eigenvalue weighted by Crippen LogP contribution is 2.50. The highest BCUT2D eigenvalue weighted by molar-refractivity contribution is 5.75. The van der Waals surface area contributed by atoms with E-state index in [-0.39, 0.29) is 6.42 Å². The standard InChI is InChI=1S/C10H5F5O2/c11-5-4(2-1-3(2)10(16)17)6(12)8(14)9(15)7(5)13/h2-3H,1H2,(H,16,17). The summed E-state index contributed by atoms with van der Waals surface area (Å²) in [6.45, 7) is 0. The molecule has 1 fully saturated rings. The smallest absolute Gasteiger partial charge is 0.307 e. The molecule has 1 aliphatic rings. The van der Waals surface area contributed by atoms with Crippen molar-refractivity contribution in [2.75, 3.05) is 0 Å². The van der Waals surface area contributed by atoms with Gasteiger partial charge < -0.3 is 5.11 Å². The first-order chi connectivity index (χ1) is 7.86. The zero-order chi connectivity index (χ0) is 12.9. The van der Waals surface area contributed by atoms with Gasteiger partial charge in [0.25, 0.3) is 0 Å². The molecule has 2 rings (SSSR count). The van der Waals surface area contributed by atoms with Crippen LogP contribution in [0.5, 0.6) is 0 Å². The molecule has 17 heavy (non-hydrogen) atoms. The second-order valence-electron chi connectivity index (χ2n) is 3.77. The van der Waals surface area contributed by atoms with Gasteiger partial charge in [-0.3, -0.25) is 4.79 Å². The maximum atomic E-state index is 13.2. The van der Waals surface area contributed by atoms with Gasteiger partial charge in [-0.2, -0.15) is 0 Å². The number of benzene rings is 1. The van der Waals surface area contributed by atoms with Crippen molar-refractivity contribution in [1.29, 1.82) is 0 Å². The van der Waals surface area contributed by atoms with E-state index in [9.17, 15) is 26.7 Å². The van der Waals surface area contributed by atoms with E-state index in [2.05, 4.69) is 0 Å². The van der Waals surface area contributed by atoms with Crippen molar-refractivity contribution in [3.05, 3.63) is 34.6 Å². The van der Waals surface area contributed by atoms with E-state index in [1.165, 1.54) is 0 Å². The maximum absolute atomic E-state index is 13.2. The van der Waals surface area contributed by atoms with Gasteiger partial charge >= 0.3 is 5.97 Å². The second kappa shape index (κ2) is 3.68. The molecule has 0 aromatic heterocycles. The zero-order valence-corrected chi connectivity index (χ0v) is 8.11. The Morgan fingerprint density at radius 2 is 1.35 bits per heavy atom. The Balaban J connectivity index is 2.53. The van der Waals surface area contributed by atoms with Crippen molar-refractivity contribution in [1.82, 2.24) is 0 Å². The van der Waals surface area contributed by atoms with Crippen LogP contribution in [-0.4, -0.2) is 11.1 Å². The minimum atomic E-state index is -2.24. The third-order valence-corrected chi connectivity index (χ3v) is 2.72. The van der Waals surface area contributed by atoms with Crippen LogP contribution in [0.15, 0.2) is 0 Å². The van der Waals surface area contributed by atoms with E-state index in [1.807, 2.05) is 0 Å². The number of carboxylic acids is 1. The molecule has 7 heteroatoms. The summed E-state index contributed by atoms with van der Waals surface area (Å²) in [5.41, 5.74) is -1.03. The Kier molecular flexibility index (Phi) is 2.56. The lowest BCUT2D eigenvalue weighted by molar-refractivity contribution is -0.138. The van der Waals surface area contributed by atoms with Crippen LogP contribution in [0.1, 0.15) is 17.9 Å². The van der Waals surface area contributed by atoms with Crippen molar-refractivity contribution in [2.45, 2.75) is 12.3 Å². The van der Waals surface area contributed by atoms with Crippen LogP contribution < -0.4 is 0 Å². The Morgan fingerprint density at radius 1 is 0.941 bits per heavy atom. The van der Waals surface area contributed by atoms with Gasteiger partial charge in [-0.15, -0.1) is 0 Å². The number of hydrogen-bond donors (Lipinski definition) is 1. The fourth-order valence-electron chi connectivity index (χ4n) is 1.73. The second-order valence-corrected chi connectivity index (χ2v) is 3.77. The quantitative estimate of drug-likeness (QED) is 0.499. The van der Waals surface area contributed by atoms with Crippen molar-refractivity contribution in [3.63, 3.8) is 0 Å². The van der Waals surface area contributed by atoms with E-state index in [4.69, 9.17) is 5.11 Å². The van der Waals surface area contributed by atoms with Gasteiger partial charge in [0.2, 0.25) is 5.82 Å². The van der Waals surface area contributed by atoms with E-state index in [0.717, 1.165) is 0 Å². The first-order valence-corrected chi connectivity index (χ1v) is 4.60. The molecule has 2 atom stereocenters. The number of rotatable bonds is 2. The van der Waals surface area contributed by atoms with Gasteiger partial charge in [0.15, 0.2) is 23.3 Å². The largest absolute Gasteiger partial charge is 0.481 e. The van der Waals surface area contributed by atoms with Gasteiger partial charge in [0.1, 0.15) is 0 Å². The summed E-state index contributed by atoms with van der Waals surface area (Å²) >= 11 is 0. The normalized spacial score (nSPS) is 22.6. The highest BCUT2D eigenvalue weighted by atomic mass is 19.2. The van der Waals surface area contributed by atoms with Gasteiger partial charge in [-0.25, -0.2) is 22.0 Å². The number of halogens is 5. The van der Waals surface area contributed by atoms with Crippen LogP contribution in [0.2, 0.25) is 0 Å². The zero-order valence-electron chi connectivity index (χ0n) is 8.11. The van der Waals surface area contributed by atoms with Gasteiger partial charge in [0, 0.05) is 11.5 Å². The van der Waals surface area contributed by atoms with Crippen LogP contribution in [0.4, 0.5) is 22.0 Å². The predicted molar refractivity (Wildman–Crippen MR) is 44.7 cm³/mol. The lowest BCUT2D eigenvalue weighted by Gasteiger charge is -2.06. The molecule has 1 N–H and O–H groups in total. The van der Waals surface area contributed by atoms with Crippen LogP contribution in [0, 0.1) is 35.0 Å². The van der Waals surface area contributed by atoms with Crippen LogP contribution in [0.3, 0.4) is 0 Å². The van der Waals surface area contributed by atoms with Crippen LogP contribution in [0.25, 0.3) is 0 Å². The average Bonchev–Trinajstić information content (AvgIpc) is 3.04. The topological polar surface area (TPSA) is 37.3 Å². The molecule has 0 saturated heterocycles. The number of aliphatic carboxylic acids is 1. The Labute approximate surface area is 91.7 Å². The third-order valence-electron chi connectivity index (χ3n) is 2.72. The van der Waals surface area contributed by atoms with Crippen molar-refractivity contribution in [3.8, 4) is 0 Å². The summed E-state index contributed by atoms with van der Waals surface area (Å²) < 4.78 is 64.7. The fraction of sp³-hybridized carbons (Fsp3) is 0.300. The molecule has 0 heterocycles. The molecular formula is C10H5F5O2. The molecule has 1 saturated carbocycles. The van der Waals surface area contributed by atoms with Crippen molar-refractivity contribution < 1.29 is 31.9 Å². The molecule has 1 aromatic carbocycles. The summed E-state index contributed by atoms with van der Waals surface area (Å²) in [6.07, 6.45) is -0.131. The van der Waals surface area contributed by atoms with Crippen LogP contribution >= 0.6 is 0 Å². The summed E-state index contributed by atoms with van der Waals surface area (Å²) in [4.78, 5) is 10.5. The maximum Gasteiger partial charge on any atom is 0.307 e. The lowest BCUT2D eigenvalue weighted by Crippen LogP contribution is -2.08. The summed E-state index contributed by atoms with van der Waals surface area (Å²) in [5, 5.41) is 8.55. The monoisotopic (exact) mass is 252 g/mol. The average molecular weight is 252 g/mol. The molecule has 0 radical (unpaired) electrons. The predicted octanol–water partition coefficient (Wildman–Crippen LogP) is 2.57. The Bertz CT molecular complexity index is 485. The van der Waals surface area contributed by atoms with Gasteiger partial charge in [-0.1, -0.05) is 0 Å². The summed E-state index contributed by atoms with van der Waals surface area (Å²) in [5.74, 6) is -13.8. The summed E-state index contributed by atoms with van der Waals surface area (Å²) in [6, 6.07) is 0. The SMILES string of the molecule is O=C(O)C1CC1c1c(F)c(F)c(F)c(F)c1F. The molecule has 0 aliphatic heterocycles. The minimum Gasteiger partial charge on any atom is -0.481 e. The Hall–Kier alpha value is -1.66. The van der Waals surface area contributed by atoms with Gasteiger partial charge in [0.05, 0.1) is 5.92 Å². The molecule has 1 aromatic rings. The molecule has 92 valence electrons. The van der Waals surface area contributed by atoms with E-state index >= 15 is 0 Å². The third kappa shape index (κ3) is 1.65. The molecule has 0 amide bonds. The molecule has 2 unspecified atom stereocenters. The molecule has 0 spiro atoms. The number of hydrogen-bond acceptors (Lipinski definition) is 1. The van der Waals surface area contributed by atoms with E-state index in [1.54, 1.807) is 0 Å². The molecule has 1 aliphatic carbocycles. The van der Waals surface area contributed by atoms with Crippen molar-refractivity contribution in [2.24, 2.45) is 5.92 Å². The van der Waals surface area contributed by atoms with Crippen LogP contribution in [-0.2, 0) is 4.79 Å². The highest BCUT2D eigenvalue weighted by Gasteiger charge is 2.48. The lowest BCUT2D eigenvalue weighted by atomic mass is 10.1. The van der Waals surface area contributed by atoms with E-state index < -0.39 is 52.5 Å². The van der Waals surface area contributed by atoms with Gasteiger partial charge in [-0.05, 0) is 6.42 Å². The number of carbonyl (C=O) groups is 1. The first-order valence-electron chi connectivity index (χ1n) is 4.60. The molecular weight excluding hydrogens is 247 g/mol. The Morgan fingerprint density at radius 3 is 1.71 bits per heavy atom. The first kappa shape index (κ1) is 11.8. The molecule has 0 bridgehead atoms. The molecule has 2 nitrogen and oxygen atoms in total. The fourth-order valence-corrected chi connectivity index (χ4v) is 1.73. The van der Waals surface area contributed by atoms with E-state index in [0.29, 0.717) is 0 Å².